The van der Waals surface area contributed by atoms with Crippen LogP contribution in [0.4, 0.5) is 5.95 Å². The lowest BCUT2D eigenvalue weighted by atomic mass is 10.0. The lowest BCUT2D eigenvalue weighted by Crippen LogP contribution is -2.48. The number of nitrogens with zero attached hydrogens (tertiary/aromatic N) is 6. The highest BCUT2D eigenvalue weighted by molar-refractivity contribution is 5.95. The van der Waals surface area contributed by atoms with Crippen molar-refractivity contribution in [3.05, 3.63) is 72.8 Å². The summed E-state index contributed by atoms with van der Waals surface area (Å²) in [6.07, 6.45) is 3.62. The summed E-state index contributed by atoms with van der Waals surface area (Å²) < 4.78 is 5.73. The van der Waals surface area contributed by atoms with Crippen LogP contribution in [0.25, 0.3) is 22.0 Å². The highest BCUT2D eigenvalue weighted by atomic mass is 16.5. The number of fused-ring (bicyclic) bond motifs is 1. The first kappa shape index (κ1) is 21.6. The van der Waals surface area contributed by atoms with E-state index in [-0.39, 0.29) is 0 Å². The fraction of sp³-hybridized carbons (Fsp3) is 0.346. The normalized spacial score (nSPS) is 14.9. The van der Waals surface area contributed by atoms with Crippen molar-refractivity contribution in [2.45, 2.75) is 13.5 Å². The van der Waals surface area contributed by atoms with Crippen molar-refractivity contribution in [3.63, 3.8) is 0 Å². The summed E-state index contributed by atoms with van der Waals surface area (Å²) in [6.45, 7) is 9.98. The molecular formula is C26H30N6O. The quantitative estimate of drug-likeness (QED) is 0.410. The van der Waals surface area contributed by atoms with E-state index in [1.54, 1.807) is 0 Å². The second-order valence-corrected chi connectivity index (χ2v) is 8.45. The van der Waals surface area contributed by atoms with Gasteiger partial charge in [-0.2, -0.15) is 0 Å². The summed E-state index contributed by atoms with van der Waals surface area (Å²) in [5.74, 6) is 1.74. The number of likely N-dealkylation sites (N-methyl/N-ethyl adjacent to an activating group) is 1. The van der Waals surface area contributed by atoms with E-state index in [1.807, 2.05) is 18.5 Å². The minimum atomic E-state index is 0.770. The Morgan fingerprint density at radius 2 is 1.73 bits per heavy atom. The fourth-order valence-corrected chi connectivity index (χ4v) is 4.44. The molecule has 0 unspecified atom stereocenters. The summed E-state index contributed by atoms with van der Waals surface area (Å²) >= 11 is 0. The maximum absolute atomic E-state index is 5.73. The molecule has 0 spiro atoms. The molecule has 0 N–H and O–H groups in total. The van der Waals surface area contributed by atoms with E-state index in [9.17, 15) is 0 Å². The number of piperazine rings is 1. The van der Waals surface area contributed by atoms with Gasteiger partial charge in [-0.25, -0.2) is 9.97 Å². The average Bonchev–Trinajstić information content (AvgIpc) is 3.35. The lowest BCUT2D eigenvalue weighted by molar-refractivity contribution is 0.184. The molecule has 7 nitrogen and oxygen atoms in total. The smallest absolute Gasteiger partial charge is 0.225 e. The minimum Gasteiger partial charge on any atom is -0.359 e. The number of hydrogen-bond donors (Lipinski definition) is 0. The van der Waals surface area contributed by atoms with Crippen LogP contribution in [-0.4, -0.2) is 70.7 Å². The number of benzene rings is 2. The third kappa shape index (κ3) is 5.05. The zero-order chi connectivity index (χ0) is 22.5. The Morgan fingerprint density at radius 3 is 2.55 bits per heavy atom. The maximum atomic E-state index is 5.73. The van der Waals surface area contributed by atoms with E-state index in [0.717, 1.165) is 75.3 Å². The molecule has 5 rings (SSSR count). The monoisotopic (exact) mass is 442 g/mol. The van der Waals surface area contributed by atoms with Gasteiger partial charge in [-0.3, -0.25) is 9.80 Å². The summed E-state index contributed by atoms with van der Waals surface area (Å²) in [4.78, 5) is 15.9. The van der Waals surface area contributed by atoms with E-state index >= 15 is 0 Å². The number of rotatable bonds is 8. The van der Waals surface area contributed by atoms with Crippen molar-refractivity contribution in [1.82, 2.24) is 24.9 Å². The Hall–Kier alpha value is -3.29. The molecule has 3 heterocycles. The molecule has 170 valence electrons. The van der Waals surface area contributed by atoms with Crippen molar-refractivity contribution >= 4 is 16.7 Å². The van der Waals surface area contributed by atoms with E-state index in [2.05, 4.69) is 85.3 Å². The van der Waals surface area contributed by atoms with Crippen LogP contribution in [0.3, 0.4) is 0 Å². The third-order valence-corrected chi connectivity index (χ3v) is 6.39. The lowest BCUT2D eigenvalue weighted by Gasteiger charge is -2.35. The first-order valence-electron chi connectivity index (χ1n) is 11.7. The molecule has 4 aromatic rings. The predicted octanol–water partition coefficient (Wildman–Crippen LogP) is 3.93. The van der Waals surface area contributed by atoms with Crippen LogP contribution in [0.1, 0.15) is 12.7 Å². The van der Waals surface area contributed by atoms with Crippen LogP contribution in [0.5, 0.6) is 0 Å². The Labute approximate surface area is 194 Å². The zero-order valence-electron chi connectivity index (χ0n) is 19.1. The fourth-order valence-electron chi connectivity index (χ4n) is 4.44. The molecule has 0 atom stereocenters. The molecule has 0 radical (unpaired) electrons. The molecule has 0 amide bonds. The van der Waals surface area contributed by atoms with E-state index in [1.165, 1.54) is 10.8 Å². The van der Waals surface area contributed by atoms with Gasteiger partial charge in [0.15, 0.2) is 5.76 Å². The van der Waals surface area contributed by atoms with Crippen molar-refractivity contribution in [3.8, 4) is 11.3 Å². The molecule has 0 saturated carbocycles. The van der Waals surface area contributed by atoms with Crippen LogP contribution in [0.15, 0.2) is 71.5 Å². The van der Waals surface area contributed by atoms with Gasteiger partial charge in [-0.15, -0.1) is 0 Å². The van der Waals surface area contributed by atoms with E-state index in [0.29, 0.717) is 0 Å². The van der Waals surface area contributed by atoms with Crippen molar-refractivity contribution < 1.29 is 4.52 Å². The van der Waals surface area contributed by atoms with E-state index in [4.69, 9.17) is 4.52 Å². The van der Waals surface area contributed by atoms with Crippen molar-refractivity contribution in [2.24, 2.45) is 0 Å². The molecule has 2 aromatic heterocycles. The van der Waals surface area contributed by atoms with E-state index < -0.39 is 0 Å². The standard InChI is InChI=1S/C26H30N6O/c1-2-30(13-14-31-15-17-32(18-16-31)26-27-11-6-12-28-26)20-22-19-25(29-33-22)24-10-5-8-21-7-3-4-9-23(21)24/h3-12,19H,2,13-18,20H2,1H3. The molecule has 33 heavy (non-hydrogen) atoms. The molecule has 0 aliphatic carbocycles. The summed E-state index contributed by atoms with van der Waals surface area (Å²) in [5.41, 5.74) is 2.02. The van der Waals surface area contributed by atoms with Gasteiger partial charge in [-0.1, -0.05) is 54.5 Å². The van der Waals surface area contributed by atoms with Gasteiger partial charge in [0, 0.05) is 63.3 Å². The highest BCUT2D eigenvalue weighted by Crippen LogP contribution is 2.28. The first-order chi connectivity index (χ1) is 16.3. The molecule has 0 bridgehead atoms. The average molecular weight is 443 g/mol. The SMILES string of the molecule is CCN(CCN1CCN(c2ncccn2)CC1)Cc1cc(-c2cccc3ccccc23)no1. The Kier molecular flexibility index (Phi) is 6.60. The zero-order valence-corrected chi connectivity index (χ0v) is 19.1. The van der Waals surface area contributed by atoms with Crippen LogP contribution in [0, 0.1) is 0 Å². The summed E-state index contributed by atoms with van der Waals surface area (Å²) in [5, 5.41) is 6.80. The van der Waals surface area contributed by atoms with Crippen molar-refractivity contribution in [1.29, 1.82) is 0 Å². The van der Waals surface area contributed by atoms with Crippen LogP contribution >= 0.6 is 0 Å². The molecular weight excluding hydrogens is 412 g/mol. The maximum Gasteiger partial charge on any atom is 0.225 e. The van der Waals surface area contributed by atoms with Gasteiger partial charge in [0.2, 0.25) is 5.95 Å². The Morgan fingerprint density at radius 1 is 0.939 bits per heavy atom. The topological polar surface area (TPSA) is 61.5 Å². The molecule has 7 heteroatoms. The Bertz CT molecular complexity index is 1160. The largest absolute Gasteiger partial charge is 0.359 e. The van der Waals surface area contributed by atoms with Gasteiger partial charge >= 0.3 is 0 Å². The number of hydrogen-bond acceptors (Lipinski definition) is 7. The minimum absolute atomic E-state index is 0.770. The summed E-state index contributed by atoms with van der Waals surface area (Å²) in [6, 6.07) is 18.7. The van der Waals surface area contributed by atoms with Gasteiger partial charge in [-0.05, 0) is 23.4 Å². The van der Waals surface area contributed by atoms with Gasteiger partial charge in [0.1, 0.15) is 5.69 Å². The molecule has 1 aliphatic heterocycles. The first-order valence-corrected chi connectivity index (χ1v) is 11.7. The number of anilines is 1. The molecule has 1 saturated heterocycles. The molecule has 1 aliphatic rings. The molecule has 1 fully saturated rings. The van der Waals surface area contributed by atoms with Crippen LogP contribution in [-0.2, 0) is 6.54 Å². The number of aromatic nitrogens is 3. The van der Waals surface area contributed by atoms with Crippen molar-refractivity contribution in [2.75, 3.05) is 50.7 Å². The van der Waals surface area contributed by atoms with Crippen LogP contribution < -0.4 is 4.90 Å². The molecule has 2 aromatic carbocycles. The van der Waals surface area contributed by atoms with Gasteiger partial charge < -0.3 is 9.42 Å². The van der Waals surface area contributed by atoms with Gasteiger partial charge in [0.25, 0.3) is 0 Å². The highest BCUT2D eigenvalue weighted by Gasteiger charge is 2.19. The van der Waals surface area contributed by atoms with Gasteiger partial charge in [0.05, 0.1) is 6.54 Å². The summed E-state index contributed by atoms with van der Waals surface area (Å²) in [7, 11) is 0. The second-order valence-electron chi connectivity index (χ2n) is 8.45. The third-order valence-electron chi connectivity index (χ3n) is 6.39. The Balaban J connectivity index is 1.16. The predicted molar refractivity (Wildman–Crippen MR) is 131 cm³/mol. The second kappa shape index (κ2) is 10.1. The van der Waals surface area contributed by atoms with Crippen LogP contribution in [0.2, 0.25) is 0 Å².